The number of benzene rings is 1. The standard InChI is InChI=1S/C18H31NO2/c1-7-19-16(17(21-8-2)18(3,4)5)13-14-10-9-11-15(12-14)20-6/h9-12,16-17,19H,7-8,13H2,1-6H3. The number of likely N-dealkylation sites (N-methyl/N-ethyl adjacent to an activating group) is 1. The number of methoxy groups -OCH3 is 1. The van der Waals surface area contributed by atoms with Crippen LogP contribution in [-0.2, 0) is 11.2 Å². The predicted octanol–water partition coefficient (Wildman–Crippen LogP) is 3.67. The second kappa shape index (κ2) is 8.40. The summed E-state index contributed by atoms with van der Waals surface area (Å²) < 4.78 is 11.4. The maximum atomic E-state index is 6.06. The molecule has 0 aliphatic rings. The van der Waals surface area contributed by atoms with E-state index < -0.39 is 0 Å². The molecule has 0 bridgehead atoms. The molecule has 0 fully saturated rings. The minimum Gasteiger partial charge on any atom is -0.497 e. The van der Waals surface area contributed by atoms with Crippen LogP contribution in [0.15, 0.2) is 24.3 Å². The van der Waals surface area contributed by atoms with E-state index in [0.717, 1.165) is 25.3 Å². The number of rotatable bonds is 8. The summed E-state index contributed by atoms with van der Waals surface area (Å²) in [6.07, 6.45) is 1.11. The highest BCUT2D eigenvalue weighted by molar-refractivity contribution is 5.29. The maximum Gasteiger partial charge on any atom is 0.119 e. The Kier molecular flexibility index (Phi) is 7.20. The first-order chi connectivity index (χ1) is 9.92. The van der Waals surface area contributed by atoms with E-state index in [1.165, 1.54) is 5.56 Å². The van der Waals surface area contributed by atoms with Crippen LogP contribution in [0.1, 0.15) is 40.2 Å². The smallest absolute Gasteiger partial charge is 0.119 e. The maximum absolute atomic E-state index is 6.06. The third-order valence-electron chi connectivity index (χ3n) is 3.62. The summed E-state index contributed by atoms with van der Waals surface area (Å²) in [5, 5.41) is 3.59. The lowest BCUT2D eigenvalue weighted by Gasteiger charge is -2.37. The van der Waals surface area contributed by atoms with Crippen molar-refractivity contribution in [2.24, 2.45) is 5.41 Å². The molecule has 0 amide bonds. The van der Waals surface area contributed by atoms with Gasteiger partial charge < -0.3 is 14.8 Å². The molecule has 1 N–H and O–H groups in total. The Morgan fingerprint density at radius 2 is 1.90 bits per heavy atom. The second-order valence-corrected chi connectivity index (χ2v) is 6.46. The van der Waals surface area contributed by atoms with Crippen molar-refractivity contribution in [3.05, 3.63) is 29.8 Å². The normalized spacial score (nSPS) is 14.8. The number of hydrogen-bond donors (Lipinski definition) is 1. The molecule has 0 radical (unpaired) electrons. The molecule has 0 spiro atoms. The Balaban J connectivity index is 2.93. The molecular formula is C18H31NO2. The van der Waals surface area contributed by atoms with Crippen molar-refractivity contribution < 1.29 is 9.47 Å². The predicted molar refractivity (Wildman–Crippen MR) is 89.0 cm³/mol. The average molecular weight is 293 g/mol. The second-order valence-electron chi connectivity index (χ2n) is 6.46. The first kappa shape index (κ1) is 18.0. The van der Waals surface area contributed by atoms with Crippen LogP contribution in [0.3, 0.4) is 0 Å². The Hall–Kier alpha value is -1.06. The van der Waals surface area contributed by atoms with Gasteiger partial charge in [-0.05, 0) is 43.0 Å². The van der Waals surface area contributed by atoms with Gasteiger partial charge in [-0.15, -0.1) is 0 Å². The zero-order valence-corrected chi connectivity index (χ0v) is 14.4. The molecule has 21 heavy (non-hydrogen) atoms. The van der Waals surface area contributed by atoms with Crippen LogP contribution >= 0.6 is 0 Å². The van der Waals surface area contributed by atoms with Crippen molar-refractivity contribution in [2.75, 3.05) is 20.3 Å². The zero-order chi connectivity index (χ0) is 15.9. The van der Waals surface area contributed by atoms with Crippen LogP contribution < -0.4 is 10.1 Å². The first-order valence-corrected chi connectivity index (χ1v) is 7.90. The summed E-state index contributed by atoms with van der Waals surface area (Å²) in [6.45, 7) is 12.6. The Labute approximate surface area is 130 Å². The van der Waals surface area contributed by atoms with Crippen molar-refractivity contribution in [1.29, 1.82) is 0 Å². The van der Waals surface area contributed by atoms with E-state index in [0.29, 0.717) is 6.04 Å². The highest BCUT2D eigenvalue weighted by atomic mass is 16.5. The molecule has 120 valence electrons. The van der Waals surface area contributed by atoms with Crippen molar-refractivity contribution in [3.8, 4) is 5.75 Å². The minimum atomic E-state index is 0.0989. The molecule has 0 aliphatic carbocycles. The van der Waals surface area contributed by atoms with Gasteiger partial charge in [-0.25, -0.2) is 0 Å². The van der Waals surface area contributed by atoms with Crippen molar-refractivity contribution in [3.63, 3.8) is 0 Å². The quantitative estimate of drug-likeness (QED) is 0.793. The van der Waals surface area contributed by atoms with Gasteiger partial charge in [-0.1, -0.05) is 39.8 Å². The fourth-order valence-electron chi connectivity index (χ4n) is 2.75. The summed E-state index contributed by atoms with van der Waals surface area (Å²) in [5.74, 6) is 0.909. The van der Waals surface area contributed by atoms with Crippen LogP contribution in [-0.4, -0.2) is 32.4 Å². The van der Waals surface area contributed by atoms with Crippen LogP contribution in [0.25, 0.3) is 0 Å². The van der Waals surface area contributed by atoms with Crippen LogP contribution in [0.4, 0.5) is 0 Å². The number of nitrogens with one attached hydrogen (secondary N) is 1. The van der Waals surface area contributed by atoms with E-state index in [1.54, 1.807) is 7.11 Å². The van der Waals surface area contributed by atoms with E-state index in [4.69, 9.17) is 9.47 Å². The largest absolute Gasteiger partial charge is 0.497 e. The lowest BCUT2D eigenvalue weighted by atomic mass is 9.82. The summed E-state index contributed by atoms with van der Waals surface area (Å²) in [6, 6.07) is 8.58. The van der Waals surface area contributed by atoms with Gasteiger partial charge in [0.2, 0.25) is 0 Å². The highest BCUT2D eigenvalue weighted by Gasteiger charge is 2.32. The van der Waals surface area contributed by atoms with E-state index in [1.807, 2.05) is 12.1 Å². The van der Waals surface area contributed by atoms with Crippen molar-refractivity contribution in [2.45, 2.75) is 53.2 Å². The molecule has 3 heteroatoms. The van der Waals surface area contributed by atoms with Crippen molar-refractivity contribution >= 4 is 0 Å². The molecule has 0 aromatic heterocycles. The van der Waals surface area contributed by atoms with Crippen LogP contribution in [0.5, 0.6) is 5.75 Å². The molecule has 2 atom stereocenters. The van der Waals surface area contributed by atoms with Gasteiger partial charge >= 0.3 is 0 Å². The SMILES string of the molecule is CCNC(Cc1cccc(OC)c1)C(OCC)C(C)(C)C. The van der Waals surface area contributed by atoms with Gasteiger partial charge in [0.25, 0.3) is 0 Å². The summed E-state index contributed by atoms with van der Waals surface area (Å²) in [4.78, 5) is 0. The molecule has 2 unspecified atom stereocenters. The van der Waals surface area contributed by atoms with E-state index in [2.05, 4.69) is 52.1 Å². The highest BCUT2D eigenvalue weighted by Crippen LogP contribution is 2.27. The fourth-order valence-corrected chi connectivity index (χ4v) is 2.75. The molecule has 0 saturated heterocycles. The third kappa shape index (κ3) is 5.68. The van der Waals surface area contributed by atoms with E-state index in [-0.39, 0.29) is 11.5 Å². The van der Waals surface area contributed by atoms with Gasteiger partial charge in [0.05, 0.1) is 13.2 Å². The van der Waals surface area contributed by atoms with E-state index >= 15 is 0 Å². The third-order valence-corrected chi connectivity index (χ3v) is 3.62. The summed E-state index contributed by atoms with van der Waals surface area (Å²) in [5.41, 5.74) is 1.37. The van der Waals surface area contributed by atoms with Crippen LogP contribution in [0.2, 0.25) is 0 Å². The summed E-state index contributed by atoms with van der Waals surface area (Å²) >= 11 is 0. The van der Waals surface area contributed by atoms with Gasteiger partial charge in [-0.2, -0.15) is 0 Å². The zero-order valence-electron chi connectivity index (χ0n) is 14.4. The number of hydrogen-bond acceptors (Lipinski definition) is 3. The van der Waals surface area contributed by atoms with Crippen LogP contribution in [0, 0.1) is 5.41 Å². The average Bonchev–Trinajstić information content (AvgIpc) is 2.43. The molecule has 1 rings (SSSR count). The topological polar surface area (TPSA) is 30.5 Å². The lowest BCUT2D eigenvalue weighted by Crippen LogP contribution is -2.49. The van der Waals surface area contributed by atoms with Gasteiger partial charge in [-0.3, -0.25) is 0 Å². The monoisotopic (exact) mass is 293 g/mol. The van der Waals surface area contributed by atoms with E-state index in [9.17, 15) is 0 Å². The lowest BCUT2D eigenvalue weighted by molar-refractivity contribution is -0.0352. The molecule has 0 heterocycles. The Morgan fingerprint density at radius 1 is 1.19 bits per heavy atom. The minimum absolute atomic E-state index is 0.0989. The van der Waals surface area contributed by atoms with Gasteiger partial charge in [0.15, 0.2) is 0 Å². The molecular weight excluding hydrogens is 262 g/mol. The molecule has 0 aliphatic heterocycles. The Bertz CT molecular complexity index is 412. The van der Waals surface area contributed by atoms with Crippen molar-refractivity contribution in [1.82, 2.24) is 5.32 Å². The Morgan fingerprint density at radius 3 is 2.43 bits per heavy atom. The molecule has 1 aromatic rings. The molecule has 3 nitrogen and oxygen atoms in total. The molecule has 1 aromatic carbocycles. The van der Waals surface area contributed by atoms with Gasteiger partial charge in [0, 0.05) is 12.6 Å². The molecule has 0 saturated carbocycles. The first-order valence-electron chi connectivity index (χ1n) is 7.90. The summed E-state index contributed by atoms with van der Waals surface area (Å²) in [7, 11) is 1.71. The fraction of sp³-hybridized carbons (Fsp3) is 0.667. The van der Waals surface area contributed by atoms with Gasteiger partial charge in [0.1, 0.15) is 5.75 Å². The number of ether oxygens (including phenoxy) is 2.